The van der Waals surface area contributed by atoms with Crippen LogP contribution in [0.4, 0.5) is 0 Å². The summed E-state index contributed by atoms with van der Waals surface area (Å²) in [5, 5.41) is 11.3. The standard InChI is InChI=1S/C25H34O5/c1-17-9-10-19-24(14-29-23(2,3)30-15-24)12-11-20(26)25(19)16-28-22(21(17)25)27-13-18-7-5-4-6-8-18/h4-8,19-22,26H,1,9-16H2,2-3H3/t19-,20+,21+,22-,25+/m1/s1. The molecule has 2 spiro atoms. The van der Waals surface area contributed by atoms with Crippen molar-refractivity contribution in [3.63, 3.8) is 0 Å². The smallest absolute Gasteiger partial charge is 0.165 e. The molecule has 0 amide bonds. The van der Waals surface area contributed by atoms with Gasteiger partial charge in [0, 0.05) is 16.7 Å². The third-order valence-corrected chi connectivity index (χ3v) is 8.14. The predicted octanol–water partition coefficient (Wildman–Crippen LogP) is 4.05. The molecular formula is C25H34O5. The van der Waals surface area contributed by atoms with E-state index in [-0.39, 0.29) is 29.0 Å². The second-order valence-corrected chi connectivity index (χ2v) is 10.2. The van der Waals surface area contributed by atoms with Gasteiger partial charge in [0.2, 0.25) is 0 Å². The van der Waals surface area contributed by atoms with Gasteiger partial charge in [-0.25, -0.2) is 0 Å². The van der Waals surface area contributed by atoms with E-state index in [2.05, 4.69) is 18.7 Å². The van der Waals surface area contributed by atoms with Gasteiger partial charge in [0.05, 0.1) is 32.5 Å². The Kier molecular flexibility index (Phi) is 5.11. The highest BCUT2D eigenvalue weighted by Crippen LogP contribution is 2.65. The molecule has 2 aliphatic heterocycles. The van der Waals surface area contributed by atoms with Crippen LogP contribution in [0.3, 0.4) is 0 Å². The minimum atomic E-state index is -0.542. The van der Waals surface area contributed by atoms with Crippen LogP contribution in [0.25, 0.3) is 0 Å². The fourth-order valence-corrected chi connectivity index (χ4v) is 6.55. The number of aliphatic hydroxyl groups is 1. The topological polar surface area (TPSA) is 57.2 Å². The third kappa shape index (κ3) is 3.18. The average molecular weight is 415 g/mol. The molecule has 5 heteroatoms. The third-order valence-electron chi connectivity index (χ3n) is 8.14. The Morgan fingerprint density at radius 2 is 1.83 bits per heavy atom. The van der Waals surface area contributed by atoms with E-state index in [4.69, 9.17) is 18.9 Å². The van der Waals surface area contributed by atoms with Crippen LogP contribution >= 0.6 is 0 Å². The van der Waals surface area contributed by atoms with Crippen molar-refractivity contribution in [1.29, 1.82) is 0 Å². The zero-order chi connectivity index (χ0) is 21.0. The van der Waals surface area contributed by atoms with Gasteiger partial charge in [-0.3, -0.25) is 0 Å². The summed E-state index contributed by atoms with van der Waals surface area (Å²) in [6, 6.07) is 10.2. The lowest BCUT2D eigenvalue weighted by atomic mass is 9.46. The molecule has 0 unspecified atom stereocenters. The summed E-state index contributed by atoms with van der Waals surface area (Å²) in [7, 11) is 0. The zero-order valence-corrected chi connectivity index (χ0v) is 18.1. The Morgan fingerprint density at radius 3 is 2.57 bits per heavy atom. The van der Waals surface area contributed by atoms with Gasteiger partial charge in [-0.1, -0.05) is 42.5 Å². The SMILES string of the molecule is C=C1CC[C@@H]2C3(CC[C@H](O)[C@]24CO[C@@H](OCc2ccccc2)[C@H]14)COC(C)(C)OC3. The van der Waals surface area contributed by atoms with Crippen molar-refractivity contribution in [2.45, 2.75) is 64.3 Å². The molecule has 5 atom stereocenters. The molecule has 0 bridgehead atoms. The summed E-state index contributed by atoms with van der Waals surface area (Å²) in [5.41, 5.74) is 1.82. The van der Waals surface area contributed by atoms with Gasteiger partial charge in [-0.05, 0) is 51.0 Å². The number of rotatable bonds is 3. The van der Waals surface area contributed by atoms with Crippen molar-refractivity contribution in [1.82, 2.24) is 0 Å². The maximum Gasteiger partial charge on any atom is 0.165 e. The molecule has 5 rings (SSSR count). The fraction of sp³-hybridized carbons (Fsp3) is 0.680. The monoisotopic (exact) mass is 414 g/mol. The van der Waals surface area contributed by atoms with Crippen molar-refractivity contribution in [3.8, 4) is 0 Å². The predicted molar refractivity (Wildman–Crippen MR) is 112 cm³/mol. The van der Waals surface area contributed by atoms with Crippen LogP contribution in [0, 0.1) is 22.7 Å². The molecule has 1 N–H and O–H groups in total. The quantitative estimate of drug-likeness (QED) is 0.756. The first-order valence-corrected chi connectivity index (χ1v) is 11.3. The number of aliphatic hydroxyl groups excluding tert-OH is 1. The summed E-state index contributed by atoms with van der Waals surface area (Å²) in [4.78, 5) is 0. The Labute approximate surface area is 179 Å². The van der Waals surface area contributed by atoms with Crippen molar-refractivity contribution >= 4 is 0 Å². The van der Waals surface area contributed by atoms with Crippen LogP contribution in [0.1, 0.15) is 45.1 Å². The maximum atomic E-state index is 11.3. The molecule has 1 aromatic carbocycles. The number of hydrogen-bond donors (Lipinski definition) is 1. The molecule has 5 nitrogen and oxygen atoms in total. The molecule has 30 heavy (non-hydrogen) atoms. The van der Waals surface area contributed by atoms with E-state index >= 15 is 0 Å². The first-order chi connectivity index (χ1) is 14.4. The highest BCUT2D eigenvalue weighted by atomic mass is 16.7. The Morgan fingerprint density at radius 1 is 1.10 bits per heavy atom. The van der Waals surface area contributed by atoms with Gasteiger partial charge in [0.15, 0.2) is 12.1 Å². The number of hydrogen-bond acceptors (Lipinski definition) is 5. The number of fused-ring (bicyclic) bond motifs is 1. The highest BCUT2D eigenvalue weighted by Gasteiger charge is 2.68. The first-order valence-electron chi connectivity index (χ1n) is 11.3. The lowest BCUT2D eigenvalue weighted by Gasteiger charge is -2.61. The lowest BCUT2D eigenvalue weighted by Crippen LogP contribution is -2.64. The maximum absolute atomic E-state index is 11.3. The zero-order valence-electron chi connectivity index (χ0n) is 18.1. The van der Waals surface area contributed by atoms with E-state index in [9.17, 15) is 5.11 Å². The van der Waals surface area contributed by atoms with Crippen LogP contribution in [-0.4, -0.2) is 43.1 Å². The molecule has 2 saturated carbocycles. The Balaban J connectivity index is 1.42. The van der Waals surface area contributed by atoms with Crippen LogP contribution in [0.2, 0.25) is 0 Å². The first kappa shape index (κ1) is 20.7. The molecule has 1 aromatic rings. The van der Waals surface area contributed by atoms with E-state index in [1.165, 1.54) is 0 Å². The molecule has 4 fully saturated rings. The Hall–Kier alpha value is -1.24. The summed E-state index contributed by atoms with van der Waals surface area (Å²) in [5.74, 6) is -0.271. The van der Waals surface area contributed by atoms with Gasteiger partial charge in [-0.15, -0.1) is 0 Å². The van der Waals surface area contributed by atoms with E-state index in [0.717, 1.165) is 36.8 Å². The van der Waals surface area contributed by atoms with Crippen molar-refractivity contribution in [2.24, 2.45) is 22.7 Å². The minimum absolute atomic E-state index is 0.00192. The number of benzene rings is 1. The molecule has 0 radical (unpaired) electrons. The van der Waals surface area contributed by atoms with E-state index < -0.39 is 11.9 Å². The molecule has 2 saturated heterocycles. The summed E-state index contributed by atoms with van der Waals surface area (Å²) in [6.45, 7) is 10.7. The summed E-state index contributed by atoms with van der Waals surface area (Å²) >= 11 is 0. The van der Waals surface area contributed by atoms with Gasteiger partial charge in [-0.2, -0.15) is 0 Å². The summed E-state index contributed by atoms with van der Waals surface area (Å²) < 4.78 is 24.8. The molecular weight excluding hydrogens is 380 g/mol. The largest absolute Gasteiger partial charge is 0.392 e. The Bertz CT molecular complexity index is 780. The van der Waals surface area contributed by atoms with E-state index in [0.29, 0.717) is 26.4 Å². The van der Waals surface area contributed by atoms with E-state index in [1.54, 1.807) is 0 Å². The molecule has 2 heterocycles. The van der Waals surface area contributed by atoms with Gasteiger partial charge < -0.3 is 24.1 Å². The molecule has 164 valence electrons. The van der Waals surface area contributed by atoms with Crippen LogP contribution in [0.5, 0.6) is 0 Å². The molecule has 0 aromatic heterocycles. The van der Waals surface area contributed by atoms with Crippen molar-refractivity contribution in [3.05, 3.63) is 48.0 Å². The fourth-order valence-electron chi connectivity index (χ4n) is 6.55. The number of ether oxygens (including phenoxy) is 4. The van der Waals surface area contributed by atoms with Gasteiger partial charge in [0.25, 0.3) is 0 Å². The van der Waals surface area contributed by atoms with E-state index in [1.807, 2.05) is 32.0 Å². The molecule has 2 aliphatic carbocycles. The second-order valence-electron chi connectivity index (χ2n) is 10.2. The average Bonchev–Trinajstić information content (AvgIpc) is 3.13. The molecule has 4 aliphatic rings. The second kappa shape index (κ2) is 7.42. The van der Waals surface area contributed by atoms with Crippen LogP contribution < -0.4 is 0 Å². The van der Waals surface area contributed by atoms with Crippen LogP contribution in [0.15, 0.2) is 42.5 Å². The summed E-state index contributed by atoms with van der Waals surface area (Å²) in [6.07, 6.45) is 2.80. The van der Waals surface area contributed by atoms with Crippen molar-refractivity contribution in [2.75, 3.05) is 19.8 Å². The van der Waals surface area contributed by atoms with Gasteiger partial charge in [0.1, 0.15) is 0 Å². The minimum Gasteiger partial charge on any atom is -0.392 e. The van der Waals surface area contributed by atoms with Crippen molar-refractivity contribution < 1.29 is 24.1 Å². The van der Waals surface area contributed by atoms with Gasteiger partial charge >= 0.3 is 0 Å². The highest BCUT2D eigenvalue weighted by molar-refractivity contribution is 5.23. The normalized spacial score (nSPS) is 39.5. The lowest BCUT2D eigenvalue weighted by molar-refractivity contribution is -0.316. The van der Waals surface area contributed by atoms with Crippen LogP contribution in [-0.2, 0) is 25.6 Å².